The van der Waals surface area contributed by atoms with Crippen molar-refractivity contribution in [2.75, 3.05) is 5.32 Å². The maximum atomic E-state index is 13.4. The van der Waals surface area contributed by atoms with Crippen LogP contribution in [0.4, 0.5) is 10.1 Å². The van der Waals surface area contributed by atoms with E-state index in [1.807, 2.05) is 6.92 Å². The molecule has 0 aliphatic heterocycles. The summed E-state index contributed by atoms with van der Waals surface area (Å²) in [6.07, 6.45) is 5.14. The summed E-state index contributed by atoms with van der Waals surface area (Å²) in [5, 5.41) is 13.7. The van der Waals surface area contributed by atoms with Crippen LogP contribution >= 0.6 is 0 Å². The molecule has 5 rings (SSSR count). The Morgan fingerprint density at radius 2 is 1.95 bits per heavy atom. The summed E-state index contributed by atoms with van der Waals surface area (Å²) in [5.74, 6) is 0.551. The molecule has 4 fully saturated rings. The number of carbonyl (C=O) groups is 1. The predicted molar refractivity (Wildman–Crippen MR) is 81.8 cm³/mol. The molecular weight excluding hydrogens is 281 g/mol. The van der Waals surface area contributed by atoms with E-state index in [4.69, 9.17) is 0 Å². The lowest BCUT2D eigenvalue weighted by Crippen LogP contribution is -2.59. The van der Waals surface area contributed by atoms with Crippen molar-refractivity contribution in [3.63, 3.8) is 0 Å². The molecule has 22 heavy (non-hydrogen) atoms. The number of aliphatic hydroxyl groups is 1. The van der Waals surface area contributed by atoms with Crippen molar-refractivity contribution in [2.24, 2.45) is 17.3 Å². The van der Waals surface area contributed by atoms with Gasteiger partial charge in [-0.1, -0.05) is 6.07 Å². The zero-order valence-corrected chi connectivity index (χ0v) is 12.9. The van der Waals surface area contributed by atoms with Crippen molar-refractivity contribution in [3.8, 4) is 0 Å². The Kier molecular flexibility index (Phi) is 2.93. The topological polar surface area (TPSA) is 49.3 Å². The van der Waals surface area contributed by atoms with Crippen molar-refractivity contribution >= 4 is 11.6 Å². The SMILES string of the molecule is Cc1ccc(F)cc1NC(=O)C12CC3CC(CC(O)(C3)C1)C2. The van der Waals surface area contributed by atoms with E-state index >= 15 is 0 Å². The molecule has 2 N–H and O–H groups in total. The van der Waals surface area contributed by atoms with Gasteiger partial charge in [-0.25, -0.2) is 4.39 Å². The molecule has 118 valence electrons. The highest BCUT2D eigenvalue weighted by Gasteiger charge is 2.60. The van der Waals surface area contributed by atoms with Crippen molar-refractivity contribution in [1.29, 1.82) is 0 Å². The predicted octanol–water partition coefficient (Wildman–Crippen LogP) is 3.40. The molecule has 1 aromatic carbocycles. The van der Waals surface area contributed by atoms with E-state index in [0.717, 1.165) is 37.7 Å². The van der Waals surface area contributed by atoms with Crippen LogP contribution in [0.3, 0.4) is 0 Å². The molecule has 4 saturated carbocycles. The van der Waals surface area contributed by atoms with Crippen molar-refractivity contribution in [2.45, 2.75) is 51.0 Å². The number of nitrogens with one attached hydrogen (secondary N) is 1. The van der Waals surface area contributed by atoms with Gasteiger partial charge < -0.3 is 10.4 Å². The Balaban J connectivity index is 1.61. The zero-order valence-electron chi connectivity index (χ0n) is 12.9. The number of halogens is 1. The summed E-state index contributed by atoms with van der Waals surface area (Å²) in [7, 11) is 0. The Morgan fingerprint density at radius 3 is 2.59 bits per heavy atom. The number of aryl methyl sites for hydroxylation is 1. The van der Waals surface area contributed by atoms with E-state index < -0.39 is 11.0 Å². The second kappa shape index (κ2) is 4.54. The summed E-state index contributed by atoms with van der Waals surface area (Å²) in [5.41, 5.74) is 0.293. The quantitative estimate of drug-likeness (QED) is 0.879. The molecule has 1 aromatic rings. The molecular formula is C18H22FNO2. The molecule has 0 spiro atoms. The molecule has 2 atom stereocenters. The number of carbonyl (C=O) groups excluding carboxylic acids is 1. The number of anilines is 1. The lowest BCUT2D eigenvalue weighted by molar-refractivity contribution is -0.174. The van der Waals surface area contributed by atoms with Crippen LogP contribution in [0.25, 0.3) is 0 Å². The molecule has 4 heteroatoms. The molecule has 4 aliphatic rings. The van der Waals surface area contributed by atoms with Gasteiger partial charge in [0.2, 0.25) is 5.91 Å². The third kappa shape index (κ3) is 2.16. The third-order valence-electron chi connectivity index (χ3n) is 5.96. The maximum Gasteiger partial charge on any atom is 0.230 e. The molecule has 0 radical (unpaired) electrons. The molecule has 0 aromatic heterocycles. The highest BCUT2D eigenvalue weighted by atomic mass is 19.1. The van der Waals surface area contributed by atoms with Gasteiger partial charge in [-0.2, -0.15) is 0 Å². The number of hydrogen-bond acceptors (Lipinski definition) is 2. The normalized spacial score (nSPS) is 39.0. The molecule has 4 bridgehead atoms. The minimum absolute atomic E-state index is 0.0336. The van der Waals surface area contributed by atoms with Crippen molar-refractivity contribution < 1.29 is 14.3 Å². The fourth-order valence-corrected chi connectivity index (χ4v) is 5.46. The first-order valence-electron chi connectivity index (χ1n) is 8.18. The smallest absolute Gasteiger partial charge is 0.230 e. The van der Waals surface area contributed by atoms with Crippen LogP contribution in [0.1, 0.15) is 44.1 Å². The van der Waals surface area contributed by atoms with Crippen LogP contribution in [-0.4, -0.2) is 16.6 Å². The van der Waals surface area contributed by atoms with E-state index in [9.17, 15) is 14.3 Å². The molecule has 0 saturated heterocycles. The first kappa shape index (κ1) is 14.2. The van der Waals surface area contributed by atoms with Crippen LogP contribution < -0.4 is 5.32 Å². The van der Waals surface area contributed by atoms with Gasteiger partial charge in [0.15, 0.2) is 0 Å². The minimum Gasteiger partial charge on any atom is -0.390 e. The first-order valence-corrected chi connectivity index (χ1v) is 8.18. The van der Waals surface area contributed by atoms with Crippen LogP contribution in [-0.2, 0) is 4.79 Å². The van der Waals surface area contributed by atoms with Gasteiger partial charge >= 0.3 is 0 Å². The fourth-order valence-electron chi connectivity index (χ4n) is 5.46. The van der Waals surface area contributed by atoms with Crippen LogP contribution in [0.15, 0.2) is 18.2 Å². The third-order valence-corrected chi connectivity index (χ3v) is 5.96. The van der Waals surface area contributed by atoms with Gasteiger partial charge in [0, 0.05) is 5.69 Å². The van der Waals surface area contributed by atoms with Crippen LogP contribution in [0, 0.1) is 30.0 Å². The summed E-state index contributed by atoms with van der Waals surface area (Å²) in [6, 6.07) is 4.46. The minimum atomic E-state index is -0.654. The maximum absolute atomic E-state index is 13.4. The zero-order chi connectivity index (χ0) is 15.5. The van der Waals surface area contributed by atoms with Crippen molar-refractivity contribution in [1.82, 2.24) is 0 Å². The average Bonchev–Trinajstić information content (AvgIpc) is 2.40. The number of hydrogen-bond donors (Lipinski definition) is 2. The number of benzene rings is 1. The Hall–Kier alpha value is -1.42. The van der Waals surface area contributed by atoms with E-state index in [1.54, 1.807) is 6.07 Å². The van der Waals surface area contributed by atoms with Crippen molar-refractivity contribution in [3.05, 3.63) is 29.6 Å². The van der Waals surface area contributed by atoms with E-state index in [2.05, 4.69) is 5.32 Å². The van der Waals surface area contributed by atoms with E-state index in [0.29, 0.717) is 23.9 Å². The first-order chi connectivity index (χ1) is 10.4. The monoisotopic (exact) mass is 303 g/mol. The van der Waals surface area contributed by atoms with Crippen LogP contribution in [0.5, 0.6) is 0 Å². The Morgan fingerprint density at radius 1 is 1.27 bits per heavy atom. The van der Waals surface area contributed by atoms with Gasteiger partial charge in [-0.3, -0.25) is 4.79 Å². The van der Waals surface area contributed by atoms with Gasteiger partial charge in [0.1, 0.15) is 5.82 Å². The van der Waals surface area contributed by atoms with Gasteiger partial charge in [-0.05, 0) is 75.0 Å². The second-order valence-corrected chi connectivity index (χ2v) is 7.88. The summed E-state index contributed by atoms with van der Waals surface area (Å²) in [4.78, 5) is 12.9. The molecule has 3 nitrogen and oxygen atoms in total. The highest BCUT2D eigenvalue weighted by molar-refractivity contribution is 5.96. The molecule has 4 aliphatic carbocycles. The largest absolute Gasteiger partial charge is 0.390 e. The number of amides is 1. The lowest BCUT2D eigenvalue weighted by atomic mass is 9.47. The van der Waals surface area contributed by atoms with Gasteiger partial charge in [0.25, 0.3) is 0 Å². The van der Waals surface area contributed by atoms with E-state index in [1.165, 1.54) is 12.1 Å². The standard InChI is InChI=1S/C18H22FNO2/c1-11-2-3-14(19)5-15(11)20-16(21)17-6-12-4-13(7-17)9-18(22,8-12)10-17/h2-3,5,12-13,22H,4,6-10H2,1H3,(H,20,21). The number of rotatable bonds is 2. The average molecular weight is 303 g/mol. The van der Waals surface area contributed by atoms with Crippen LogP contribution in [0.2, 0.25) is 0 Å². The van der Waals surface area contributed by atoms with Gasteiger partial charge in [0.05, 0.1) is 11.0 Å². The second-order valence-electron chi connectivity index (χ2n) is 7.88. The highest BCUT2D eigenvalue weighted by Crippen LogP contribution is 2.61. The molecule has 1 amide bonds. The Bertz CT molecular complexity index is 628. The summed E-state index contributed by atoms with van der Waals surface area (Å²) < 4.78 is 13.4. The lowest BCUT2D eigenvalue weighted by Gasteiger charge is -2.59. The summed E-state index contributed by atoms with van der Waals surface area (Å²) >= 11 is 0. The van der Waals surface area contributed by atoms with E-state index in [-0.39, 0.29) is 11.7 Å². The molecule has 2 unspecified atom stereocenters. The van der Waals surface area contributed by atoms with Gasteiger partial charge in [-0.15, -0.1) is 0 Å². The summed E-state index contributed by atoms with van der Waals surface area (Å²) in [6.45, 7) is 1.86. The molecule has 0 heterocycles. The fraction of sp³-hybridized carbons (Fsp3) is 0.611. The Labute approximate surface area is 129 Å².